The topological polar surface area (TPSA) is 109 Å². The van der Waals surface area contributed by atoms with Crippen molar-refractivity contribution >= 4 is 28.8 Å². The molecule has 2 rings (SSSR count). The van der Waals surface area contributed by atoms with Gasteiger partial charge in [0.1, 0.15) is 12.1 Å². The second-order valence-corrected chi connectivity index (χ2v) is 4.41. The molecule has 0 aliphatic rings. The largest absolute Gasteiger partial charge is 0.480 e. The smallest absolute Gasteiger partial charge is 0.322 e. The molecule has 1 heterocycles. The van der Waals surface area contributed by atoms with Crippen molar-refractivity contribution in [1.82, 2.24) is 10.6 Å². The van der Waals surface area contributed by atoms with E-state index in [0.29, 0.717) is 11.1 Å². The summed E-state index contributed by atoms with van der Waals surface area (Å²) in [6, 6.07) is 7.22. The van der Waals surface area contributed by atoms with Gasteiger partial charge in [-0.2, -0.15) is 0 Å². The summed E-state index contributed by atoms with van der Waals surface area (Å²) in [4.78, 5) is 33.6. The molecule has 110 valence electrons. The standard InChI is InChI=1S/C14H14N2O5/c1-8-9-4-2-3-5-10(9)21-13(8)14(20)16-6-11(17)15-7-12(18)19/h2-5H,6-7H2,1H3,(H,15,17)(H,16,20)(H,18,19). The molecular weight excluding hydrogens is 276 g/mol. The lowest BCUT2D eigenvalue weighted by Gasteiger charge is -2.04. The van der Waals surface area contributed by atoms with Crippen molar-refractivity contribution in [2.75, 3.05) is 13.1 Å². The van der Waals surface area contributed by atoms with Gasteiger partial charge in [0, 0.05) is 10.9 Å². The summed E-state index contributed by atoms with van der Waals surface area (Å²) in [5.74, 6) is -2.11. The van der Waals surface area contributed by atoms with Crippen LogP contribution >= 0.6 is 0 Å². The first-order valence-corrected chi connectivity index (χ1v) is 6.24. The molecule has 3 N–H and O–H groups in total. The molecule has 0 unspecified atom stereocenters. The second-order valence-electron chi connectivity index (χ2n) is 4.41. The average Bonchev–Trinajstić information content (AvgIpc) is 2.80. The summed E-state index contributed by atoms with van der Waals surface area (Å²) in [5.41, 5.74) is 1.28. The third-order valence-corrected chi connectivity index (χ3v) is 2.90. The van der Waals surface area contributed by atoms with Crippen molar-refractivity contribution < 1.29 is 23.9 Å². The van der Waals surface area contributed by atoms with E-state index in [1.165, 1.54) is 0 Å². The van der Waals surface area contributed by atoms with Crippen LogP contribution in [0.4, 0.5) is 0 Å². The van der Waals surface area contributed by atoms with Gasteiger partial charge in [-0.15, -0.1) is 0 Å². The Labute approximate surface area is 119 Å². The average molecular weight is 290 g/mol. The molecule has 0 bridgehead atoms. The minimum atomic E-state index is -1.15. The van der Waals surface area contributed by atoms with Crippen molar-refractivity contribution in [3.05, 3.63) is 35.6 Å². The molecule has 0 saturated heterocycles. The number of para-hydroxylation sites is 1. The number of fused-ring (bicyclic) bond motifs is 1. The van der Waals surface area contributed by atoms with E-state index in [1.807, 2.05) is 12.1 Å². The van der Waals surface area contributed by atoms with Gasteiger partial charge in [-0.05, 0) is 13.0 Å². The van der Waals surface area contributed by atoms with Crippen molar-refractivity contribution in [3.63, 3.8) is 0 Å². The number of rotatable bonds is 5. The molecule has 2 aromatic rings. The van der Waals surface area contributed by atoms with Crippen molar-refractivity contribution in [2.45, 2.75) is 6.92 Å². The van der Waals surface area contributed by atoms with Crippen molar-refractivity contribution in [3.8, 4) is 0 Å². The maximum absolute atomic E-state index is 12.0. The molecule has 7 heteroatoms. The maximum Gasteiger partial charge on any atom is 0.322 e. The number of hydrogen-bond donors (Lipinski definition) is 3. The Balaban J connectivity index is 2.01. The van der Waals surface area contributed by atoms with Crippen LogP contribution < -0.4 is 10.6 Å². The zero-order valence-electron chi connectivity index (χ0n) is 11.3. The van der Waals surface area contributed by atoms with Crippen LogP contribution in [0.1, 0.15) is 16.1 Å². The summed E-state index contributed by atoms with van der Waals surface area (Å²) in [7, 11) is 0. The van der Waals surface area contributed by atoms with Crippen LogP contribution in [0, 0.1) is 6.92 Å². The molecule has 0 spiro atoms. The molecule has 0 atom stereocenters. The van der Waals surface area contributed by atoms with E-state index in [1.54, 1.807) is 19.1 Å². The number of aliphatic carboxylic acids is 1. The second kappa shape index (κ2) is 6.08. The van der Waals surface area contributed by atoms with E-state index < -0.39 is 24.3 Å². The Morgan fingerprint density at radius 3 is 2.52 bits per heavy atom. The lowest BCUT2D eigenvalue weighted by atomic mass is 10.1. The summed E-state index contributed by atoms with van der Waals surface area (Å²) in [6.45, 7) is 0.951. The summed E-state index contributed by atoms with van der Waals surface area (Å²) in [5, 5.41) is 13.8. The highest BCUT2D eigenvalue weighted by molar-refractivity contribution is 6.00. The number of amides is 2. The minimum Gasteiger partial charge on any atom is -0.480 e. The summed E-state index contributed by atoms with van der Waals surface area (Å²) in [6.07, 6.45) is 0. The fourth-order valence-electron chi connectivity index (χ4n) is 1.87. The highest BCUT2D eigenvalue weighted by atomic mass is 16.4. The van der Waals surface area contributed by atoms with Gasteiger partial charge in [0.05, 0.1) is 6.54 Å². The number of carboxylic acids is 1. The van der Waals surface area contributed by atoms with Gasteiger partial charge in [-0.25, -0.2) is 0 Å². The van der Waals surface area contributed by atoms with E-state index in [4.69, 9.17) is 9.52 Å². The SMILES string of the molecule is Cc1c(C(=O)NCC(=O)NCC(=O)O)oc2ccccc12. The first-order valence-electron chi connectivity index (χ1n) is 6.24. The summed E-state index contributed by atoms with van der Waals surface area (Å²) >= 11 is 0. The summed E-state index contributed by atoms with van der Waals surface area (Å²) < 4.78 is 5.45. The molecule has 0 aliphatic carbocycles. The molecule has 1 aromatic carbocycles. The van der Waals surface area contributed by atoms with Crippen LogP contribution in [0.25, 0.3) is 11.0 Å². The van der Waals surface area contributed by atoms with Crippen LogP contribution in [-0.2, 0) is 9.59 Å². The monoisotopic (exact) mass is 290 g/mol. The molecule has 2 amide bonds. The first-order chi connectivity index (χ1) is 9.99. The van der Waals surface area contributed by atoms with Crippen molar-refractivity contribution in [2.24, 2.45) is 0 Å². The van der Waals surface area contributed by atoms with Gasteiger partial charge in [0.15, 0.2) is 5.76 Å². The fourth-order valence-corrected chi connectivity index (χ4v) is 1.87. The third-order valence-electron chi connectivity index (χ3n) is 2.90. The molecule has 0 saturated carbocycles. The highest BCUT2D eigenvalue weighted by Crippen LogP contribution is 2.24. The number of furan rings is 1. The van der Waals surface area contributed by atoms with E-state index in [2.05, 4.69) is 10.6 Å². The van der Waals surface area contributed by atoms with Gasteiger partial charge < -0.3 is 20.2 Å². The Morgan fingerprint density at radius 1 is 1.14 bits per heavy atom. The Kier molecular flexibility index (Phi) is 4.22. The number of carbonyl (C=O) groups is 3. The van der Waals surface area contributed by atoms with Gasteiger partial charge in [0.25, 0.3) is 5.91 Å². The third kappa shape index (κ3) is 3.38. The van der Waals surface area contributed by atoms with Gasteiger partial charge in [-0.3, -0.25) is 14.4 Å². The highest BCUT2D eigenvalue weighted by Gasteiger charge is 2.17. The van der Waals surface area contributed by atoms with E-state index in [-0.39, 0.29) is 12.3 Å². The van der Waals surface area contributed by atoms with Crippen LogP contribution in [-0.4, -0.2) is 36.0 Å². The van der Waals surface area contributed by atoms with Crippen LogP contribution in [0.15, 0.2) is 28.7 Å². The Bertz CT molecular complexity index is 704. The van der Waals surface area contributed by atoms with Gasteiger partial charge in [0.2, 0.25) is 5.91 Å². The quantitative estimate of drug-likeness (QED) is 0.750. The number of benzene rings is 1. The zero-order chi connectivity index (χ0) is 15.4. The van der Waals surface area contributed by atoms with Crippen LogP contribution in [0.3, 0.4) is 0 Å². The molecule has 1 aromatic heterocycles. The number of carbonyl (C=O) groups excluding carboxylic acids is 2. The Morgan fingerprint density at radius 2 is 1.86 bits per heavy atom. The van der Waals surface area contributed by atoms with Crippen molar-refractivity contribution in [1.29, 1.82) is 0 Å². The molecular formula is C14H14N2O5. The molecule has 0 radical (unpaired) electrons. The number of aryl methyl sites for hydroxylation is 1. The molecule has 0 aliphatic heterocycles. The zero-order valence-corrected chi connectivity index (χ0v) is 11.3. The maximum atomic E-state index is 12.0. The Hall–Kier alpha value is -2.83. The van der Waals surface area contributed by atoms with E-state index in [9.17, 15) is 14.4 Å². The normalized spacial score (nSPS) is 10.3. The predicted octanol–water partition coefficient (Wildman–Crippen LogP) is 0.672. The van der Waals surface area contributed by atoms with Gasteiger partial charge >= 0.3 is 5.97 Å². The number of carboxylic acid groups (broad SMARTS) is 1. The predicted molar refractivity (Wildman–Crippen MR) is 73.9 cm³/mol. The van der Waals surface area contributed by atoms with Crippen LogP contribution in [0.5, 0.6) is 0 Å². The van der Waals surface area contributed by atoms with E-state index in [0.717, 1.165) is 5.39 Å². The number of nitrogens with one attached hydrogen (secondary N) is 2. The van der Waals surface area contributed by atoms with Gasteiger partial charge in [-0.1, -0.05) is 18.2 Å². The minimum absolute atomic E-state index is 0.141. The van der Waals surface area contributed by atoms with Crippen LogP contribution in [0.2, 0.25) is 0 Å². The van der Waals surface area contributed by atoms with E-state index >= 15 is 0 Å². The lowest BCUT2D eigenvalue weighted by Crippen LogP contribution is -2.39. The number of hydrogen-bond acceptors (Lipinski definition) is 4. The fraction of sp³-hybridized carbons (Fsp3) is 0.214. The first kappa shape index (κ1) is 14.6. The lowest BCUT2D eigenvalue weighted by molar-refractivity contribution is -0.137. The molecule has 21 heavy (non-hydrogen) atoms. The molecule has 0 fully saturated rings. The molecule has 7 nitrogen and oxygen atoms in total.